The molecule has 0 radical (unpaired) electrons. The maximum atomic E-state index is 6.18. The minimum absolute atomic E-state index is 0.175. The third-order valence-electron chi connectivity index (χ3n) is 5.45. The summed E-state index contributed by atoms with van der Waals surface area (Å²) in [6, 6.07) is 21.2. The van der Waals surface area contributed by atoms with E-state index >= 15 is 0 Å². The highest BCUT2D eigenvalue weighted by molar-refractivity contribution is 7.98. The van der Waals surface area contributed by atoms with Gasteiger partial charge >= 0.3 is 0 Å². The number of fused-ring (bicyclic) bond motifs is 1. The Hall–Kier alpha value is -2.79. The van der Waals surface area contributed by atoms with E-state index in [4.69, 9.17) is 4.74 Å². The van der Waals surface area contributed by atoms with E-state index < -0.39 is 0 Å². The van der Waals surface area contributed by atoms with Crippen LogP contribution in [-0.4, -0.2) is 14.8 Å². The Balaban J connectivity index is 1.52. The summed E-state index contributed by atoms with van der Waals surface area (Å²) in [4.78, 5) is 0. The third-order valence-corrected chi connectivity index (χ3v) is 6.47. The van der Waals surface area contributed by atoms with Crippen molar-refractivity contribution in [3.8, 4) is 5.75 Å². The summed E-state index contributed by atoms with van der Waals surface area (Å²) in [5, 5.41) is 12.4. The van der Waals surface area contributed by atoms with Gasteiger partial charge in [-0.1, -0.05) is 60.3 Å². The maximum Gasteiger partial charge on any atom is 0.191 e. The molecule has 154 valence electrons. The number of benzene rings is 3. The Morgan fingerprint density at radius 3 is 2.57 bits per heavy atom. The van der Waals surface area contributed by atoms with Gasteiger partial charge in [0, 0.05) is 12.3 Å². The second-order valence-electron chi connectivity index (χ2n) is 7.52. The summed E-state index contributed by atoms with van der Waals surface area (Å²) in [6.45, 7) is 9.17. The largest absolute Gasteiger partial charge is 0.483 e. The zero-order chi connectivity index (χ0) is 21.1. The van der Waals surface area contributed by atoms with Gasteiger partial charge in [0.15, 0.2) is 17.1 Å². The van der Waals surface area contributed by atoms with Crippen molar-refractivity contribution in [2.45, 2.75) is 51.3 Å². The van der Waals surface area contributed by atoms with Crippen LogP contribution in [0.15, 0.2) is 65.8 Å². The molecule has 0 amide bonds. The van der Waals surface area contributed by atoms with Gasteiger partial charge in [-0.15, -0.1) is 10.2 Å². The molecule has 4 aromatic rings. The highest BCUT2D eigenvalue weighted by Gasteiger charge is 2.19. The molecule has 4 rings (SSSR count). The predicted molar refractivity (Wildman–Crippen MR) is 124 cm³/mol. The van der Waals surface area contributed by atoms with Crippen molar-refractivity contribution in [3.63, 3.8) is 0 Å². The van der Waals surface area contributed by atoms with Crippen molar-refractivity contribution in [2.75, 3.05) is 0 Å². The minimum atomic E-state index is -0.175. The van der Waals surface area contributed by atoms with Gasteiger partial charge in [-0.05, 0) is 67.3 Å². The summed E-state index contributed by atoms with van der Waals surface area (Å²) in [5.41, 5.74) is 3.80. The van der Waals surface area contributed by atoms with E-state index in [1.54, 1.807) is 11.8 Å². The lowest BCUT2D eigenvalue weighted by molar-refractivity contribution is 0.209. The van der Waals surface area contributed by atoms with Gasteiger partial charge in [0.05, 0.1) is 0 Å². The quantitative estimate of drug-likeness (QED) is 0.322. The molecule has 0 fully saturated rings. The summed E-state index contributed by atoms with van der Waals surface area (Å²) in [5.74, 6) is 2.57. The van der Waals surface area contributed by atoms with Crippen molar-refractivity contribution < 1.29 is 4.74 Å². The first-order valence-electron chi connectivity index (χ1n) is 10.3. The molecule has 3 aromatic carbocycles. The fourth-order valence-corrected chi connectivity index (χ4v) is 4.62. The van der Waals surface area contributed by atoms with Crippen LogP contribution in [0.3, 0.4) is 0 Å². The second-order valence-corrected chi connectivity index (χ2v) is 8.46. The van der Waals surface area contributed by atoms with Crippen LogP contribution in [0, 0.1) is 13.8 Å². The molecule has 0 N–H and O–H groups in total. The molecular formula is C25H27N3OS. The Labute approximate surface area is 182 Å². The standard InChI is InChI=1S/C25H27N3OS/c1-5-28-24(19(4)29-22-14-13-17(2)18(3)15-22)26-27-25(28)30-16-21-11-8-10-20-9-6-7-12-23(20)21/h6-15,19H,5,16H2,1-4H3. The Bertz CT molecular complexity index is 1160. The number of rotatable bonds is 7. The first kappa shape index (κ1) is 20.5. The van der Waals surface area contributed by atoms with Gasteiger partial charge in [0.25, 0.3) is 0 Å². The van der Waals surface area contributed by atoms with Crippen LogP contribution in [0.4, 0.5) is 0 Å². The van der Waals surface area contributed by atoms with E-state index in [0.29, 0.717) is 0 Å². The molecule has 1 heterocycles. The molecule has 0 spiro atoms. The van der Waals surface area contributed by atoms with Gasteiger partial charge in [-0.25, -0.2) is 0 Å². The molecule has 0 saturated heterocycles. The van der Waals surface area contributed by atoms with E-state index in [1.807, 2.05) is 13.0 Å². The molecule has 0 aliphatic rings. The summed E-state index contributed by atoms with van der Waals surface area (Å²) in [6.07, 6.45) is -0.175. The molecule has 1 unspecified atom stereocenters. The fraction of sp³-hybridized carbons (Fsp3) is 0.280. The lowest BCUT2D eigenvalue weighted by Gasteiger charge is -2.16. The van der Waals surface area contributed by atoms with Gasteiger partial charge in [0.2, 0.25) is 0 Å². The summed E-state index contributed by atoms with van der Waals surface area (Å²) in [7, 11) is 0. The number of ether oxygens (including phenoxy) is 1. The molecule has 1 atom stereocenters. The van der Waals surface area contributed by atoms with Crippen LogP contribution in [0.2, 0.25) is 0 Å². The van der Waals surface area contributed by atoms with Crippen molar-refractivity contribution in [2.24, 2.45) is 0 Å². The highest BCUT2D eigenvalue weighted by atomic mass is 32.2. The fourth-order valence-electron chi connectivity index (χ4n) is 3.61. The van der Waals surface area contributed by atoms with Gasteiger partial charge in [-0.3, -0.25) is 0 Å². The van der Waals surface area contributed by atoms with E-state index in [0.717, 1.165) is 29.0 Å². The smallest absolute Gasteiger partial charge is 0.191 e. The molecule has 0 bridgehead atoms. The molecule has 0 aliphatic heterocycles. The SMILES string of the molecule is CCn1c(SCc2cccc3ccccc23)nnc1C(C)Oc1ccc(C)c(C)c1. The number of hydrogen-bond donors (Lipinski definition) is 0. The van der Waals surface area contributed by atoms with Crippen LogP contribution < -0.4 is 4.74 Å². The molecule has 0 aliphatic carbocycles. The lowest BCUT2D eigenvalue weighted by Crippen LogP contribution is -2.12. The average molecular weight is 418 g/mol. The van der Waals surface area contributed by atoms with E-state index in [-0.39, 0.29) is 6.10 Å². The van der Waals surface area contributed by atoms with E-state index in [1.165, 1.54) is 27.5 Å². The first-order chi connectivity index (χ1) is 14.6. The molecule has 0 saturated carbocycles. The highest BCUT2D eigenvalue weighted by Crippen LogP contribution is 2.29. The van der Waals surface area contributed by atoms with E-state index in [2.05, 4.69) is 90.1 Å². The number of hydrogen-bond acceptors (Lipinski definition) is 4. The third kappa shape index (κ3) is 4.21. The van der Waals surface area contributed by atoms with Crippen molar-refractivity contribution >= 4 is 22.5 Å². The maximum absolute atomic E-state index is 6.18. The molecular weight excluding hydrogens is 390 g/mol. The Kier molecular flexibility index (Phi) is 6.09. The number of aromatic nitrogens is 3. The molecule has 30 heavy (non-hydrogen) atoms. The van der Waals surface area contributed by atoms with Crippen LogP contribution in [0.25, 0.3) is 10.8 Å². The Morgan fingerprint density at radius 1 is 0.967 bits per heavy atom. The number of thioether (sulfide) groups is 1. The second kappa shape index (κ2) is 8.92. The zero-order valence-corrected chi connectivity index (χ0v) is 18.7. The van der Waals surface area contributed by atoms with E-state index in [9.17, 15) is 0 Å². The van der Waals surface area contributed by atoms with Crippen LogP contribution in [-0.2, 0) is 12.3 Å². The van der Waals surface area contributed by atoms with Crippen LogP contribution in [0.1, 0.15) is 42.5 Å². The monoisotopic (exact) mass is 417 g/mol. The molecule has 5 heteroatoms. The van der Waals surface area contributed by atoms with Crippen LogP contribution in [0.5, 0.6) is 5.75 Å². The first-order valence-corrected chi connectivity index (χ1v) is 11.3. The molecule has 4 nitrogen and oxygen atoms in total. The minimum Gasteiger partial charge on any atom is -0.483 e. The topological polar surface area (TPSA) is 39.9 Å². The van der Waals surface area contributed by atoms with Gasteiger partial charge < -0.3 is 9.30 Å². The number of aryl methyl sites for hydroxylation is 2. The summed E-state index contributed by atoms with van der Waals surface area (Å²) < 4.78 is 8.33. The predicted octanol–water partition coefficient (Wildman–Crippen LogP) is 6.50. The zero-order valence-electron chi connectivity index (χ0n) is 17.9. The normalized spacial score (nSPS) is 12.3. The molecule has 1 aromatic heterocycles. The van der Waals surface area contributed by atoms with Crippen molar-refractivity contribution in [1.82, 2.24) is 14.8 Å². The number of nitrogens with zero attached hydrogens (tertiary/aromatic N) is 3. The van der Waals surface area contributed by atoms with Crippen LogP contribution >= 0.6 is 11.8 Å². The average Bonchev–Trinajstić information content (AvgIpc) is 3.18. The van der Waals surface area contributed by atoms with Crippen molar-refractivity contribution in [1.29, 1.82) is 0 Å². The van der Waals surface area contributed by atoms with Gasteiger partial charge in [0.1, 0.15) is 5.75 Å². The Morgan fingerprint density at radius 2 is 1.77 bits per heavy atom. The summed E-state index contributed by atoms with van der Waals surface area (Å²) >= 11 is 1.72. The lowest BCUT2D eigenvalue weighted by atomic mass is 10.1. The van der Waals surface area contributed by atoms with Gasteiger partial charge in [-0.2, -0.15) is 0 Å². The van der Waals surface area contributed by atoms with Crippen molar-refractivity contribution in [3.05, 3.63) is 83.2 Å².